The van der Waals surface area contributed by atoms with Gasteiger partial charge in [-0.05, 0) is 12.5 Å². The molecule has 0 bridgehead atoms. The lowest BCUT2D eigenvalue weighted by Gasteiger charge is -2.06. The van der Waals surface area contributed by atoms with Gasteiger partial charge in [0.15, 0.2) is 0 Å². The third kappa shape index (κ3) is 2.84. The third-order valence-electron chi connectivity index (χ3n) is 2.33. The summed E-state index contributed by atoms with van der Waals surface area (Å²) >= 11 is 0. The van der Waals surface area contributed by atoms with Gasteiger partial charge in [0, 0.05) is 17.7 Å². The van der Waals surface area contributed by atoms with Crippen LogP contribution in [0.3, 0.4) is 0 Å². The molecule has 6 nitrogen and oxygen atoms in total. The van der Waals surface area contributed by atoms with Crippen molar-refractivity contribution in [1.29, 1.82) is 0 Å². The first-order valence-corrected chi connectivity index (χ1v) is 5.07. The molecule has 0 unspecified atom stereocenters. The Morgan fingerprint density at radius 2 is 2.22 bits per heavy atom. The van der Waals surface area contributed by atoms with Crippen LogP contribution in [0, 0.1) is 28.9 Å². The van der Waals surface area contributed by atoms with Crippen LogP contribution in [0.2, 0.25) is 0 Å². The van der Waals surface area contributed by atoms with Crippen molar-refractivity contribution in [3.05, 3.63) is 38.9 Å². The molecule has 0 aliphatic carbocycles. The van der Waals surface area contributed by atoms with Gasteiger partial charge in [-0.25, -0.2) is 4.79 Å². The van der Waals surface area contributed by atoms with Crippen molar-refractivity contribution in [2.45, 2.75) is 6.92 Å². The molecule has 0 aliphatic rings. The molecule has 0 amide bonds. The van der Waals surface area contributed by atoms with Gasteiger partial charge in [-0.2, -0.15) is 0 Å². The van der Waals surface area contributed by atoms with Crippen molar-refractivity contribution in [2.75, 3.05) is 13.7 Å². The molecule has 1 rings (SSSR count). The summed E-state index contributed by atoms with van der Waals surface area (Å²) < 4.78 is 4.58. The SMILES string of the molecule is COC(=O)c1cc([N+](=O)[O-])cc(C#CCN)c1C. The molecule has 1 aromatic rings. The minimum atomic E-state index is -0.632. The van der Waals surface area contributed by atoms with Crippen molar-refractivity contribution >= 4 is 11.7 Å². The van der Waals surface area contributed by atoms with E-state index in [9.17, 15) is 14.9 Å². The fraction of sp³-hybridized carbons (Fsp3) is 0.250. The molecular formula is C12H12N2O4. The average molecular weight is 248 g/mol. The molecule has 6 heteroatoms. The second-order valence-corrected chi connectivity index (χ2v) is 3.42. The molecule has 2 N–H and O–H groups in total. The first kappa shape index (κ1) is 13.7. The second kappa shape index (κ2) is 5.80. The Hall–Kier alpha value is -2.39. The number of nitro groups is 1. The van der Waals surface area contributed by atoms with Gasteiger partial charge in [0.2, 0.25) is 0 Å². The molecule has 0 fully saturated rings. The number of rotatable bonds is 2. The maximum absolute atomic E-state index is 11.5. The van der Waals surface area contributed by atoms with Crippen LogP contribution in [-0.4, -0.2) is 24.5 Å². The number of carbonyl (C=O) groups is 1. The lowest BCUT2D eigenvalue weighted by Crippen LogP contribution is -2.06. The van der Waals surface area contributed by atoms with Crippen LogP contribution < -0.4 is 5.73 Å². The highest BCUT2D eigenvalue weighted by Gasteiger charge is 2.18. The zero-order chi connectivity index (χ0) is 13.7. The number of nitrogens with two attached hydrogens (primary N) is 1. The predicted octanol–water partition coefficient (Wildman–Crippen LogP) is 1.00. The van der Waals surface area contributed by atoms with E-state index in [1.54, 1.807) is 6.92 Å². The zero-order valence-corrected chi connectivity index (χ0v) is 10.0. The Kier molecular flexibility index (Phi) is 4.40. The minimum absolute atomic E-state index is 0.132. The number of ether oxygens (including phenoxy) is 1. The first-order chi connectivity index (χ1) is 8.51. The van der Waals surface area contributed by atoms with E-state index in [0.29, 0.717) is 11.1 Å². The number of esters is 1. The van der Waals surface area contributed by atoms with Gasteiger partial charge in [-0.3, -0.25) is 10.1 Å². The number of hydrogen-bond acceptors (Lipinski definition) is 5. The first-order valence-electron chi connectivity index (χ1n) is 5.07. The summed E-state index contributed by atoms with van der Waals surface area (Å²) in [6, 6.07) is 2.49. The van der Waals surface area contributed by atoms with Crippen molar-refractivity contribution in [1.82, 2.24) is 0 Å². The normalized spacial score (nSPS) is 9.28. The highest BCUT2D eigenvalue weighted by Crippen LogP contribution is 2.22. The largest absolute Gasteiger partial charge is 0.465 e. The van der Waals surface area contributed by atoms with Crippen molar-refractivity contribution in [3.8, 4) is 11.8 Å². The Labute approximate surface area is 104 Å². The van der Waals surface area contributed by atoms with E-state index in [-0.39, 0.29) is 17.8 Å². The fourth-order valence-corrected chi connectivity index (χ4v) is 1.40. The number of nitrogens with zero attached hydrogens (tertiary/aromatic N) is 1. The van der Waals surface area contributed by atoms with Crippen molar-refractivity contribution in [2.24, 2.45) is 5.73 Å². The number of nitro benzene ring substituents is 1. The smallest absolute Gasteiger partial charge is 0.338 e. The third-order valence-corrected chi connectivity index (χ3v) is 2.33. The highest BCUT2D eigenvalue weighted by atomic mass is 16.6. The number of benzene rings is 1. The maximum Gasteiger partial charge on any atom is 0.338 e. The Morgan fingerprint density at radius 3 is 2.72 bits per heavy atom. The van der Waals surface area contributed by atoms with E-state index in [1.165, 1.54) is 19.2 Å². The summed E-state index contributed by atoms with van der Waals surface area (Å²) in [4.78, 5) is 21.7. The number of methoxy groups -OCH3 is 1. The lowest BCUT2D eigenvalue weighted by molar-refractivity contribution is -0.384. The van der Waals surface area contributed by atoms with Crippen molar-refractivity contribution in [3.63, 3.8) is 0 Å². The van der Waals surface area contributed by atoms with Crippen LogP contribution in [0.4, 0.5) is 5.69 Å². The summed E-state index contributed by atoms with van der Waals surface area (Å²) in [5.41, 5.74) is 6.11. The second-order valence-electron chi connectivity index (χ2n) is 3.42. The fourth-order valence-electron chi connectivity index (χ4n) is 1.40. The monoisotopic (exact) mass is 248 g/mol. The Balaban J connectivity index is 3.47. The number of hydrogen-bond donors (Lipinski definition) is 1. The van der Waals surface area contributed by atoms with E-state index in [2.05, 4.69) is 16.6 Å². The van der Waals surface area contributed by atoms with Crippen LogP contribution in [-0.2, 0) is 4.74 Å². The van der Waals surface area contributed by atoms with E-state index in [0.717, 1.165) is 0 Å². The predicted molar refractivity (Wildman–Crippen MR) is 65.1 cm³/mol. The number of carbonyl (C=O) groups excluding carboxylic acids is 1. The van der Waals surface area contributed by atoms with Gasteiger partial charge >= 0.3 is 5.97 Å². The van der Waals surface area contributed by atoms with E-state index < -0.39 is 10.9 Å². The van der Waals surface area contributed by atoms with Crippen LogP contribution >= 0.6 is 0 Å². The summed E-state index contributed by atoms with van der Waals surface area (Å²) in [5.74, 6) is 4.67. The van der Waals surface area contributed by atoms with Crippen LogP contribution in [0.15, 0.2) is 12.1 Å². The van der Waals surface area contributed by atoms with Gasteiger partial charge in [0.25, 0.3) is 5.69 Å². The highest BCUT2D eigenvalue weighted by molar-refractivity contribution is 5.92. The summed E-state index contributed by atoms with van der Waals surface area (Å²) in [6.07, 6.45) is 0. The average Bonchev–Trinajstić information content (AvgIpc) is 2.36. The topological polar surface area (TPSA) is 95.5 Å². The Bertz CT molecular complexity index is 555. The molecule has 0 radical (unpaired) electrons. The van der Waals surface area contributed by atoms with Gasteiger partial charge in [0.1, 0.15) is 0 Å². The maximum atomic E-state index is 11.5. The molecule has 0 aromatic heterocycles. The summed E-state index contributed by atoms with van der Waals surface area (Å²) in [5, 5.41) is 10.8. The van der Waals surface area contributed by atoms with Crippen LogP contribution in [0.5, 0.6) is 0 Å². The molecule has 0 saturated carbocycles. The molecule has 0 saturated heterocycles. The molecule has 0 atom stereocenters. The van der Waals surface area contributed by atoms with Gasteiger partial charge in [0.05, 0.1) is 24.1 Å². The quantitative estimate of drug-likeness (QED) is 0.364. The lowest BCUT2D eigenvalue weighted by atomic mass is 10.0. The van der Waals surface area contributed by atoms with Gasteiger partial charge < -0.3 is 10.5 Å². The summed E-state index contributed by atoms with van der Waals surface area (Å²) in [6.45, 7) is 1.78. The molecule has 0 heterocycles. The summed E-state index contributed by atoms with van der Waals surface area (Å²) in [7, 11) is 1.21. The van der Waals surface area contributed by atoms with E-state index >= 15 is 0 Å². The zero-order valence-electron chi connectivity index (χ0n) is 10.0. The standard InChI is InChI=1S/C12H12N2O4/c1-8-9(4-3-5-13)6-10(14(16)17)7-11(8)12(15)18-2/h6-7H,5,13H2,1-2H3. The molecule has 94 valence electrons. The minimum Gasteiger partial charge on any atom is -0.465 e. The molecule has 0 spiro atoms. The van der Waals surface area contributed by atoms with Gasteiger partial charge in [-0.15, -0.1) is 0 Å². The van der Waals surface area contributed by atoms with E-state index in [4.69, 9.17) is 5.73 Å². The molecular weight excluding hydrogens is 236 g/mol. The van der Waals surface area contributed by atoms with Crippen molar-refractivity contribution < 1.29 is 14.5 Å². The number of non-ortho nitro benzene ring substituents is 1. The van der Waals surface area contributed by atoms with Gasteiger partial charge in [-0.1, -0.05) is 11.8 Å². The van der Waals surface area contributed by atoms with E-state index in [1.807, 2.05) is 0 Å². The van der Waals surface area contributed by atoms with Crippen LogP contribution in [0.25, 0.3) is 0 Å². The van der Waals surface area contributed by atoms with Crippen LogP contribution in [0.1, 0.15) is 21.5 Å². The molecule has 1 aromatic carbocycles. The Morgan fingerprint density at radius 1 is 1.56 bits per heavy atom. The molecule has 0 aliphatic heterocycles. The molecule has 18 heavy (non-hydrogen) atoms.